The van der Waals surface area contributed by atoms with Crippen LogP contribution in [-0.2, 0) is 0 Å². The Hall–Kier alpha value is -2.40. The van der Waals surface area contributed by atoms with Crippen LogP contribution in [0.1, 0.15) is 0 Å². The average molecular weight is 269 g/mol. The number of hydrogen-bond donors (Lipinski definition) is 2. The first-order chi connectivity index (χ1) is 9.24. The largest absolute Gasteiger partial charge is 0.508 e. The van der Waals surface area contributed by atoms with Crippen molar-refractivity contribution in [2.24, 2.45) is 0 Å². The summed E-state index contributed by atoms with van der Waals surface area (Å²) in [6.45, 7) is 0. The van der Waals surface area contributed by atoms with E-state index in [0.717, 1.165) is 16.8 Å². The van der Waals surface area contributed by atoms with Crippen molar-refractivity contribution in [3.8, 4) is 28.3 Å². The lowest BCUT2D eigenvalue weighted by Gasteiger charge is -2.06. The summed E-state index contributed by atoms with van der Waals surface area (Å²) in [5.41, 5.74) is 9.15. The number of anilines is 1. The molecule has 94 valence electrons. The molecule has 0 spiro atoms. The number of nitrogen functional groups attached to an aromatic ring is 1. The summed E-state index contributed by atoms with van der Waals surface area (Å²) in [6.07, 6.45) is 1.64. The van der Waals surface area contributed by atoms with Gasteiger partial charge in [0.25, 0.3) is 0 Å². The van der Waals surface area contributed by atoms with E-state index in [0.29, 0.717) is 11.5 Å². The zero-order valence-electron chi connectivity index (χ0n) is 9.95. The third kappa shape index (κ3) is 2.28. The molecule has 0 bridgehead atoms. The quantitative estimate of drug-likeness (QED) is 0.749. The lowest BCUT2D eigenvalue weighted by Crippen LogP contribution is -1.98. The predicted molar refractivity (Wildman–Crippen MR) is 76.9 cm³/mol. The Labute approximate surface area is 114 Å². The van der Waals surface area contributed by atoms with Crippen LogP contribution in [0.25, 0.3) is 22.5 Å². The van der Waals surface area contributed by atoms with Gasteiger partial charge in [-0.2, -0.15) is 11.3 Å². The summed E-state index contributed by atoms with van der Waals surface area (Å²) in [5.74, 6) is 0.645. The van der Waals surface area contributed by atoms with Crippen LogP contribution in [0.5, 0.6) is 5.75 Å². The first-order valence-electron chi connectivity index (χ1n) is 5.68. The van der Waals surface area contributed by atoms with Gasteiger partial charge < -0.3 is 10.8 Å². The number of rotatable bonds is 2. The Morgan fingerprint density at radius 2 is 1.84 bits per heavy atom. The van der Waals surface area contributed by atoms with Crippen molar-refractivity contribution in [3.63, 3.8) is 0 Å². The van der Waals surface area contributed by atoms with Crippen molar-refractivity contribution in [1.29, 1.82) is 0 Å². The van der Waals surface area contributed by atoms with Gasteiger partial charge in [0, 0.05) is 16.5 Å². The molecule has 0 fully saturated rings. The van der Waals surface area contributed by atoms with Crippen LogP contribution in [0, 0.1) is 0 Å². The number of phenols is 1. The molecule has 5 heteroatoms. The number of aromatic hydroxyl groups is 1. The van der Waals surface area contributed by atoms with Crippen LogP contribution in [0.2, 0.25) is 0 Å². The van der Waals surface area contributed by atoms with Crippen LogP contribution in [0.3, 0.4) is 0 Å². The van der Waals surface area contributed by atoms with Crippen molar-refractivity contribution in [3.05, 3.63) is 47.3 Å². The fourth-order valence-electron chi connectivity index (χ4n) is 1.78. The zero-order valence-corrected chi connectivity index (χ0v) is 10.8. The highest BCUT2D eigenvalue weighted by Gasteiger charge is 2.09. The molecule has 2 heterocycles. The van der Waals surface area contributed by atoms with Crippen LogP contribution in [-0.4, -0.2) is 15.1 Å². The summed E-state index contributed by atoms with van der Waals surface area (Å²) >= 11 is 1.59. The van der Waals surface area contributed by atoms with E-state index in [-0.39, 0.29) is 5.75 Å². The molecule has 4 nitrogen and oxygen atoms in total. The molecule has 0 aliphatic heterocycles. The molecule has 2 aromatic heterocycles. The molecule has 3 rings (SSSR count). The van der Waals surface area contributed by atoms with Gasteiger partial charge in [-0.25, -0.2) is 9.97 Å². The molecular formula is C14H11N3OS. The standard InChI is InChI=1S/C14H11N3OS/c15-14-13(10-5-6-19-8-10)17-12(7-16-14)9-1-3-11(18)4-2-9/h1-8,18H,(H2,15,16). The number of nitrogens with zero attached hydrogens (tertiary/aromatic N) is 2. The van der Waals surface area contributed by atoms with Gasteiger partial charge in [0.2, 0.25) is 0 Å². The van der Waals surface area contributed by atoms with Gasteiger partial charge in [-0.15, -0.1) is 0 Å². The molecule has 3 N–H and O–H groups in total. The SMILES string of the molecule is Nc1ncc(-c2ccc(O)cc2)nc1-c1ccsc1. The first-order valence-corrected chi connectivity index (χ1v) is 6.63. The second kappa shape index (κ2) is 4.70. The summed E-state index contributed by atoms with van der Waals surface area (Å²) in [4.78, 5) is 8.74. The van der Waals surface area contributed by atoms with E-state index in [1.54, 1.807) is 41.8 Å². The van der Waals surface area contributed by atoms with E-state index in [1.165, 1.54) is 0 Å². The van der Waals surface area contributed by atoms with Crippen molar-refractivity contribution in [2.45, 2.75) is 0 Å². The number of phenolic OH excluding ortho intramolecular Hbond substituents is 1. The summed E-state index contributed by atoms with van der Waals surface area (Å²) in [5, 5.41) is 13.3. The third-order valence-corrected chi connectivity index (χ3v) is 3.44. The highest BCUT2D eigenvalue weighted by atomic mass is 32.1. The van der Waals surface area contributed by atoms with Gasteiger partial charge in [0.05, 0.1) is 11.9 Å². The summed E-state index contributed by atoms with van der Waals surface area (Å²) < 4.78 is 0. The normalized spacial score (nSPS) is 10.5. The molecule has 0 atom stereocenters. The Balaban J connectivity index is 2.09. The van der Waals surface area contributed by atoms with Crippen LogP contribution in [0.4, 0.5) is 5.82 Å². The minimum atomic E-state index is 0.227. The minimum Gasteiger partial charge on any atom is -0.508 e. The van der Waals surface area contributed by atoms with Gasteiger partial charge >= 0.3 is 0 Å². The fraction of sp³-hybridized carbons (Fsp3) is 0. The van der Waals surface area contributed by atoms with Crippen LogP contribution >= 0.6 is 11.3 Å². The molecule has 0 saturated carbocycles. The molecule has 1 aromatic carbocycles. The van der Waals surface area contributed by atoms with Crippen molar-refractivity contribution in [1.82, 2.24) is 9.97 Å². The monoisotopic (exact) mass is 269 g/mol. The number of benzene rings is 1. The number of thiophene rings is 1. The smallest absolute Gasteiger partial charge is 0.150 e. The maximum absolute atomic E-state index is 9.30. The second-order valence-electron chi connectivity index (χ2n) is 4.05. The highest BCUT2D eigenvalue weighted by Crippen LogP contribution is 2.27. The summed E-state index contributed by atoms with van der Waals surface area (Å²) in [6, 6.07) is 8.81. The van der Waals surface area contributed by atoms with Gasteiger partial charge in [-0.3, -0.25) is 0 Å². The van der Waals surface area contributed by atoms with Crippen molar-refractivity contribution in [2.75, 3.05) is 5.73 Å². The van der Waals surface area contributed by atoms with Crippen LogP contribution < -0.4 is 5.73 Å². The maximum atomic E-state index is 9.30. The lowest BCUT2D eigenvalue weighted by atomic mass is 10.1. The first kappa shape index (κ1) is 11.7. The minimum absolute atomic E-state index is 0.227. The van der Waals surface area contributed by atoms with Crippen molar-refractivity contribution >= 4 is 17.2 Å². The van der Waals surface area contributed by atoms with E-state index < -0.39 is 0 Å². The average Bonchev–Trinajstić information content (AvgIpc) is 2.94. The van der Waals surface area contributed by atoms with Gasteiger partial charge in [-0.1, -0.05) is 0 Å². The van der Waals surface area contributed by atoms with Gasteiger partial charge in [0.1, 0.15) is 17.3 Å². The maximum Gasteiger partial charge on any atom is 0.150 e. The molecule has 0 saturated heterocycles. The summed E-state index contributed by atoms with van der Waals surface area (Å²) in [7, 11) is 0. The molecule has 0 aliphatic carbocycles. The molecule has 0 amide bonds. The fourth-order valence-corrected chi connectivity index (χ4v) is 2.42. The third-order valence-electron chi connectivity index (χ3n) is 2.76. The van der Waals surface area contributed by atoms with E-state index in [9.17, 15) is 5.11 Å². The van der Waals surface area contributed by atoms with E-state index >= 15 is 0 Å². The van der Waals surface area contributed by atoms with Gasteiger partial charge in [0.15, 0.2) is 0 Å². The number of nitrogens with two attached hydrogens (primary N) is 1. The van der Waals surface area contributed by atoms with E-state index in [1.807, 2.05) is 16.8 Å². The molecule has 0 radical (unpaired) electrons. The van der Waals surface area contributed by atoms with Crippen molar-refractivity contribution < 1.29 is 5.11 Å². The van der Waals surface area contributed by atoms with E-state index in [4.69, 9.17) is 5.73 Å². The molecule has 0 aliphatic rings. The Morgan fingerprint density at radius 3 is 2.53 bits per heavy atom. The topological polar surface area (TPSA) is 72.0 Å². The predicted octanol–water partition coefficient (Wildman–Crippen LogP) is 3.16. The Morgan fingerprint density at radius 1 is 1.05 bits per heavy atom. The molecule has 0 unspecified atom stereocenters. The lowest BCUT2D eigenvalue weighted by molar-refractivity contribution is 0.475. The number of hydrogen-bond acceptors (Lipinski definition) is 5. The molecular weight excluding hydrogens is 258 g/mol. The van der Waals surface area contributed by atoms with E-state index in [2.05, 4.69) is 9.97 Å². The zero-order chi connectivity index (χ0) is 13.2. The second-order valence-corrected chi connectivity index (χ2v) is 4.83. The van der Waals surface area contributed by atoms with Gasteiger partial charge in [-0.05, 0) is 35.7 Å². The molecule has 19 heavy (non-hydrogen) atoms. The Kier molecular flexibility index (Phi) is 2.89. The van der Waals surface area contributed by atoms with Crippen LogP contribution in [0.15, 0.2) is 47.3 Å². The molecule has 3 aromatic rings. The number of aromatic nitrogens is 2. The highest BCUT2D eigenvalue weighted by molar-refractivity contribution is 7.08. The Bertz CT molecular complexity index is 693.